The van der Waals surface area contributed by atoms with E-state index in [1.54, 1.807) is 14.1 Å². The van der Waals surface area contributed by atoms with E-state index in [9.17, 15) is 9.59 Å². The minimum Gasteiger partial charge on any atom is -0.412 e. The van der Waals surface area contributed by atoms with Crippen molar-refractivity contribution in [3.05, 3.63) is 6.92 Å². The average molecular weight is 354 g/mol. The van der Waals surface area contributed by atoms with Crippen LogP contribution in [0.3, 0.4) is 0 Å². The molecule has 0 spiro atoms. The van der Waals surface area contributed by atoms with Gasteiger partial charge in [-0.2, -0.15) is 0 Å². The molecule has 0 bridgehead atoms. The van der Waals surface area contributed by atoms with Crippen LogP contribution in [-0.2, 0) is 32.9 Å². The minimum atomic E-state index is -0.0447. The molecule has 5 nitrogen and oxygen atoms in total. The number of rotatable bonds is 8. The number of carbonyl (C=O) groups is 2. The van der Waals surface area contributed by atoms with Crippen LogP contribution < -0.4 is 5.32 Å². The van der Waals surface area contributed by atoms with E-state index in [-0.39, 0.29) is 36.3 Å². The van der Waals surface area contributed by atoms with Gasteiger partial charge >= 0.3 is 0 Å². The van der Waals surface area contributed by atoms with Crippen molar-refractivity contribution in [1.82, 2.24) is 10.2 Å². The van der Waals surface area contributed by atoms with Gasteiger partial charge in [0.05, 0.1) is 6.61 Å². The Bertz CT molecular complexity index is 250. The summed E-state index contributed by atoms with van der Waals surface area (Å²) in [7, 11) is 3.43. The Morgan fingerprint density at radius 3 is 2.05 bits per heavy atom. The maximum atomic E-state index is 11.5. The molecule has 0 aromatic rings. The topological polar surface area (TPSA) is 58.6 Å². The fourth-order valence-electron chi connectivity index (χ4n) is 1.31. The Balaban J connectivity index is -0.000000297. The predicted octanol–water partition coefficient (Wildman–Crippen LogP) is 2.51. The second-order valence-electron chi connectivity index (χ2n) is 4.26. The molecule has 1 radical (unpaired) electrons. The van der Waals surface area contributed by atoms with Gasteiger partial charge in [-0.05, 0) is 5.92 Å². The van der Waals surface area contributed by atoms with Gasteiger partial charge in [-0.3, -0.25) is 9.59 Å². The zero-order valence-electron chi connectivity index (χ0n) is 15.4. The monoisotopic (exact) mass is 354 g/mol. The van der Waals surface area contributed by atoms with E-state index in [0.717, 1.165) is 0 Å². The zero-order chi connectivity index (χ0) is 17.3. The van der Waals surface area contributed by atoms with E-state index in [1.807, 2.05) is 34.6 Å². The van der Waals surface area contributed by atoms with Crippen molar-refractivity contribution in [3.8, 4) is 0 Å². The second kappa shape index (κ2) is 22.8. The maximum absolute atomic E-state index is 11.5. The third-order valence-corrected chi connectivity index (χ3v) is 2.27. The van der Waals surface area contributed by atoms with Gasteiger partial charge in [0.1, 0.15) is 0 Å². The number of nitrogens with zero attached hydrogens (tertiary/aromatic N) is 1. The molecule has 0 aliphatic heterocycles. The number of ether oxygens (including phenoxy) is 1. The summed E-state index contributed by atoms with van der Waals surface area (Å²) in [5.74, 6) is 0.0565. The van der Waals surface area contributed by atoms with Crippen LogP contribution in [0.1, 0.15) is 47.5 Å². The van der Waals surface area contributed by atoms with Gasteiger partial charge in [-0.15, -0.1) is 0 Å². The molecule has 0 aliphatic carbocycles. The zero-order valence-corrected chi connectivity index (χ0v) is 16.8. The van der Waals surface area contributed by atoms with Gasteiger partial charge in [0, 0.05) is 52.0 Å². The Morgan fingerprint density at radius 2 is 1.64 bits per heavy atom. The molecule has 2 amide bonds. The Labute approximate surface area is 149 Å². The molecule has 133 valence electrons. The third-order valence-electron chi connectivity index (χ3n) is 2.27. The van der Waals surface area contributed by atoms with Crippen LogP contribution in [0.2, 0.25) is 0 Å². The molecule has 0 aliphatic rings. The van der Waals surface area contributed by atoms with Gasteiger partial charge in [-0.25, -0.2) is 0 Å². The standard InChI is InChI=1S/C12H23N2O3.2C2H6.V/c1-5-17-7-6-13-11(15)8-10(2)9-12(16)14(3)4;2*1-2;/h10H,1,5-9H2,2-4H3,(H,13,15);2*1-2H3;/q-1;;;. The first-order valence-corrected chi connectivity index (χ1v) is 7.81. The Hall–Kier alpha value is -0.516. The van der Waals surface area contributed by atoms with Crippen LogP contribution in [0.5, 0.6) is 0 Å². The number of hydrogen-bond acceptors (Lipinski definition) is 3. The van der Waals surface area contributed by atoms with Gasteiger partial charge in [0.15, 0.2) is 0 Å². The number of nitrogens with one attached hydrogen (secondary N) is 1. The number of hydrogen-bond donors (Lipinski definition) is 1. The smallest absolute Gasteiger partial charge is 0.222 e. The summed E-state index contributed by atoms with van der Waals surface area (Å²) >= 11 is 0. The van der Waals surface area contributed by atoms with E-state index in [0.29, 0.717) is 32.6 Å². The van der Waals surface area contributed by atoms with Crippen LogP contribution in [0.15, 0.2) is 0 Å². The van der Waals surface area contributed by atoms with Gasteiger partial charge in [-0.1, -0.05) is 41.2 Å². The van der Waals surface area contributed by atoms with Crippen LogP contribution in [-0.4, -0.2) is 50.6 Å². The summed E-state index contributed by atoms with van der Waals surface area (Å²) < 4.78 is 5.00. The molecule has 1 atom stereocenters. The van der Waals surface area contributed by atoms with Crippen molar-refractivity contribution in [3.63, 3.8) is 0 Å². The molecular formula is C16H35N2O3V-. The molecule has 22 heavy (non-hydrogen) atoms. The summed E-state index contributed by atoms with van der Waals surface area (Å²) in [4.78, 5) is 24.4. The van der Waals surface area contributed by atoms with Crippen LogP contribution in [0, 0.1) is 12.8 Å². The molecule has 0 saturated heterocycles. The Kier molecular flexibility index (Phi) is 30.5. The summed E-state index contributed by atoms with van der Waals surface area (Å²) in [6.45, 7) is 14.8. The van der Waals surface area contributed by atoms with Crippen LogP contribution >= 0.6 is 0 Å². The van der Waals surface area contributed by atoms with Gasteiger partial charge in [0.2, 0.25) is 11.8 Å². The summed E-state index contributed by atoms with van der Waals surface area (Å²) in [5, 5.41) is 2.73. The van der Waals surface area contributed by atoms with Crippen LogP contribution in [0.4, 0.5) is 0 Å². The molecule has 0 rings (SSSR count). The van der Waals surface area contributed by atoms with Crippen molar-refractivity contribution in [2.75, 3.05) is 33.9 Å². The SMILES string of the molecule is CC.CC.[CH2-]COCCNC(=O)CC(C)CC(=O)N(C)C.[V]. The van der Waals surface area contributed by atoms with Gasteiger partial charge < -0.3 is 21.9 Å². The molecule has 0 heterocycles. The second-order valence-corrected chi connectivity index (χ2v) is 4.26. The number of carbonyl (C=O) groups excluding carboxylic acids is 2. The van der Waals surface area contributed by atoms with E-state index < -0.39 is 0 Å². The average Bonchev–Trinajstić information content (AvgIpc) is 2.47. The molecule has 0 aromatic heterocycles. The first-order chi connectivity index (χ1) is 9.97. The summed E-state index contributed by atoms with van der Waals surface area (Å²) in [6.07, 6.45) is 0.764. The molecule has 0 fully saturated rings. The largest absolute Gasteiger partial charge is 0.412 e. The first-order valence-electron chi connectivity index (χ1n) is 7.81. The van der Waals surface area contributed by atoms with Crippen molar-refractivity contribution in [2.45, 2.75) is 47.5 Å². The third kappa shape index (κ3) is 21.8. The summed E-state index contributed by atoms with van der Waals surface area (Å²) in [5.41, 5.74) is 0. The first kappa shape index (κ1) is 29.5. The molecule has 1 N–H and O–H groups in total. The van der Waals surface area contributed by atoms with E-state index in [2.05, 4.69) is 12.2 Å². The predicted molar refractivity (Wildman–Crippen MR) is 89.0 cm³/mol. The maximum Gasteiger partial charge on any atom is 0.222 e. The van der Waals surface area contributed by atoms with E-state index in [1.165, 1.54) is 4.90 Å². The van der Waals surface area contributed by atoms with E-state index in [4.69, 9.17) is 4.74 Å². The van der Waals surface area contributed by atoms with E-state index >= 15 is 0 Å². The molecule has 1 unspecified atom stereocenters. The Morgan fingerprint density at radius 1 is 1.14 bits per heavy atom. The quantitative estimate of drug-likeness (QED) is 0.538. The molecular weight excluding hydrogens is 319 g/mol. The fourth-order valence-corrected chi connectivity index (χ4v) is 1.31. The molecule has 0 aromatic carbocycles. The fraction of sp³-hybridized carbons (Fsp3) is 0.812. The molecule has 6 heteroatoms. The summed E-state index contributed by atoms with van der Waals surface area (Å²) in [6, 6.07) is 0. The minimum absolute atomic E-state index is 0. The normalized spacial score (nSPS) is 9.82. The number of amides is 2. The van der Waals surface area contributed by atoms with Crippen molar-refractivity contribution < 1.29 is 32.9 Å². The van der Waals surface area contributed by atoms with Crippen LogP contribution in [0.25, 0.3) is 0 Å². The molecule has 0 saturated carbocycles. The van der Waals surface area contributed by atoms with Gasteiger partial charge in [0.25, 0.3) is 0 Å². The van der Waals surface area contributed by atoms with Crippen molar-refractivity contribution in [1.29, 1.82) is 0 Å². The van der Waals surface area contributed by atoms with Crippen molar-refractivity contribution in [2.24, 2.45) is 5.92 Å². The van der Waals surface area contributed by atoms with Crippen molar-refractivity contribution >= 4 is 11.8 Å².